The Labute approximate surface area is 63.2 Å². The molecule has 1 radical (unpaired) electrons. The predicted octanol–water partition coefficient (Wildman–Crippen LogP) is 1.47. The van der Waals surface area contributed by atoms with E-state index in [-0.39, 0.29) is 5.91 Å². The van der Waals surface area contributed by atoms with Gasteiger partial charge in [0.2, 0.25) is 5.91 Å². The number of hydrogen-bond acceptors (Lipinski definition) is 1. The molecule has 0 fully saturated rings. The Hall–Kier alpha value is -0.530. The van der Waals surface area contributed by atoms with Crippen LogP contribution in [0.4, 0.5) is 0 Å². The van der Waals surface area contributed by atoms with E-state index < -0.39 is 0 Å². The summed E-state index contributed by atoms with van der Waals surface area (Å²) in [6, 6.07) is 0.305. The first-order valence-corrected chi connectivity index (χ1v) is 3.72. The van der Waals surface area contributed by atoms with Crippen LogP contribution in [0.2, 0.25) is 0 Å². The maximum absolute atomic E-state index is 11.0. The minimum Gasteiger partial charge on any atom is -0.341 e. The van der Waals surface area contributed by atoms with E-state index in [0.717, 1.165) is 6.54 Å². The first kappa shape index (κ1) is 9.47. The summed E-state index contributed by atoms with van der Waals surface area (Å²) < 4.78 is 0. The minimum absolute atomic E-state index is 0.137. The lowest BCUT2D eigenvalue weighted by atomic mass is 10.3. The maximum Gasteiger partial charge on any atom is 0.222 e. The van der Waals surface area contributed by atoms with E-state index in [1.165, 1.54) is 0 Å². The van der Waals surface area contributed by atoms with Gasteiger partial charge in [-0.25, -0.2) is 0 Å². The van der Waals surface area contributed by atoms with Gasteiger partial charge in [-0.15, -0.1) is 0 Å². The number of carbonyl (C=O) groups excluding carboxylic acids is 1. The monoisotopic (exact) mass is 142 g/mol. The van der Waals surface area contributed by atoms with Crippen LogP contribution in [0.15, 0.2) is 0 Å². The topological polar surface area (TPSA) is 20.3 Å². The van der Waals surface area contributed by atoms with E-state index >= 15 is 0 Å². The quantitative estimate of drug-likeness (QED) is 0.584. The van der Waals surface area contributed by atoms with Gasteiger partial charge in [0.05, 0.1) is 0 Å². The van der Waals surface area contributed by atoms with Crippen molar-refractivity contribution in [3.05, 3.63) is 6.92 Å². The Morgan fingerprint density at radius 2 is 2.10 bits per heavy atom. The van der Waals surface area contributed by atoms with Gasteiger partial charge >= 0.3 is 0 Å². The molecule has 0 saturated heterocycles. The minimum atomic E-state index is 0.137. The lowest BCUT2D eigenvalue weighted by Crippen LogP contribution is -2.36. The van der Waals surface area contributed by atoms with Crippen molar-refractivity contribution in [2.45, 2.75) is 33.2 Å². The molecule has 0 aliphatic carbocycles. The Bertz CT molecular complexity index is 110. The van der Waals surface area contributed by atoms with E-state index in [1.54, 1.807) is 0 Å². The van der Waals surface area contributed by atoms with Gasteiger partial charge in [0.15, 0.2) is 0 Å². The summed E-state index contributed by atoms with van der Waals surface area (Å²) in [5.74, 6) is 0.137. The third kappa shape index (κ3) is 2.38. The second kappa shape index (κ2) is 4.31. The molecule has 10 heavy (non-hydrogen) atoms. The second-order valence-corrected chi connectivity index (χ2v) is 2.52. The van der Waals surface area contributed by atoms with E-state index in [0.29, 0.717) is 12.5 Å². The Morgan fingerprint density at radius 3 is 2.20 bits per heavy atom. The summed E-state index contributed by atoms with van der Waals surface area (Å²) in [5.41, 5.74) is 0. The average Bonchev–Trinajstić information content (AvgIpc) is 1.88. The van der Waals surface area contributed by atoms with Crippen molar-refractivity contribution in [1.82, 2.24) is 4.90 Å². The van der Waals surface area contributed by atoms with Crippen molar-refractivity contribution in [3.8, 4) is 0 Å². The number of amides is 1. The summed E-state index contributed by atoms with van der Waals surface area (Å²) in [6.45, 7) is 10.3. The molecule has 2 heteroatoms. The highest BCUT2D eigenvalue weighted by atomic mass is 16.2. The summed E-state index contributed by atoms with van der Waals surface area (Å²) in [4.78, 5) is 12.9. The van der Waals surface area contributed by atoms with Gasteiger partial charge in [0.25, 0.3) is 0 Å². The van der Waals surface area contributed by atoms with Crippen LogP contribution < -0.4 is 0 Å². The van der Waals surface area contributed by atoms with Gasteiger partial charge < -0.3 is 4.90 Å². The predicted molar refractivity (Wildman–Crippen MR) is 42.5 cm³/mol. The van der Waals surface area contributed by atoms with Crippen LogP contribution in [0.25, 0.3) is 0 Å². The highest BCUT2D eigenvalue weighted by Gasteiger charge is 2.11. The molecular formula is C8H16NO. The molecule has 59 valence electrons. The number of rotatable bonds is 3. The normalized spacial score (nSPS) is 10.1. The van der Waals surface area contributed by atoms with Crippen molar-refractivity contribution in [3.63, 3.8) is 0 Å². The standard InChI is InChI=1S/C8H16NO/c1-5-8(10)9(6-2)7(3)4/h7H,1,5-6H2,2-4H3. The smallest absolute Gasteiger partial charge is 0.222 e. The SMILES string of the molecule is [CH2]CC(=O)N(CC)C(C)C. The third-order valence-corrected chi connectivity index (χ3v) is 1.50. The summed E-state index contributed by atoms with van der Waals surface area (Å²) in [5, 5.41) is 0. The molecule has 0 aliphatic heterocycles. The van der Waals surface area contributed by atoms with Gasteiger partial charge in [-0.3, -0.25) is 4.79 Å². The molecule has 0 unspecified atom stereocenters. The molecule has 0 bridgehead atoms. The van der Waals surface area contributed by atoms with Crippen molar-refractivity contribution in [2.75, 3.05) is 6.54 Å². The maximum atomic E-state index is 11.0. The summed E-state index contributed by atoms with van der Waals surface area (Å²) in [7, 11) is 0. The van der Waals surface area contributed by atoms with Crippen LogP contribution in [-0.2, 0) is 4.79 Å². The highest BCUT2D eigenvalue weighted by molar-refractivity contribution is 5.76. The lowest BCUT2D eigenvalue weighted by molar-refractivity contribution is -0.131. The molecule has 0 atom stereocenters. The van der Waals surface area contributed by atoms with Crippen LogP contribution in [0.1, 0.15) is 27.2 Å². The molecule has 1 amide bonds. The number of nitrogens with zero attached hydrogens (tertiary/aromatic N) is 1. The van der Waals surface area contributed by atoms with Crippen LogP contribution in [0.5, 0.6) is 0 Å². The molecule has 0 spiro atoms. The first-order chi connectivity index (χ1) is 4.63. The molecule has 0 N–H and O–H groups in total. The molecule has 0 saturated carbocycles. The summed E-state index contributed by atoms with van der Waals surface area (Å²) >= 11 is 0. The van der Waals surface area contributed by atoms with Crippen molar-refractivity contribution in [2.24, 2.45) is 0 Å². The average molecular weight is 142 g/mol. The van der Waals surface area contributed by atoms with E-state index in [9.17, 15) is 4.79 Å². The molecule has 2 nitrogen and oxygen atoms in total. The van der Waals surface area contributed by atoms with Crippen molar-refractivity contribution >= 4 is 5.91 Å². The van der Waals surface area contributed by atoms with Gasteiger partial charge in [0.1, 0.15) is 0 Å². The molecule has 0 aromatic heterocycles. The number of carbonyl (C=O) groups is 1. The largest absolute Gasteiger partial charge is 0.341 e. The van der Waals surface area contributed by atoms with Gasteiger partial charge in [0, 0.05) is 19.0 Å². The molecule has 0 rings (SSSR count). The van der Waals surface area contributed by atoms with E-state index in [2.05, 4.69) is 6.92 Å². The zero-order valence-corrected chi connectivity index (χ0v) is 7.05. The molecule has 0 aliphatic rings. The molecular weight excluding hydrogens is 126 g/mol. The molecule has 0 heterocycles. The van der Waals surface area contributed by atoms with E-state index in [4.69, 9.17) is 0 Å². The van der Waals surface area contributed by atoms with Crippen LogP contribution >= 0.6 is 0 Å². The fraction of sp³-hybridized carbons (Fsp3) is 0.750. The summed E-state index contributed by atoms with van der Waals surface area (Å²) in [6.07, 6.45) is 0.367. The van der Waals surface area contributed by atoms with Crippen LogP contribution in [0.3, 0.4) is 0 Å². The first-order valence-electron chi connectivity index (χ1n) is 3.72. The number of hydrogen-bond donors (Lipinski definition) is 0. The lowest BCUT2D eigenvalue weighted by Gasteiger charge is -2.24. The Kier molecular flexibility index (Phi) is 4.08. The zero-order valence-electron chi connectivity index (χ0n) is 7.05. The zero-order chi connectivity index (χ0) is 8.15. The van der Waals surface area contributed by atoms with Crippen molar-refractivity contribution in [1.29, 1.82) is 0 Å². The fourth-order valence-electron chi connectivity index (χ4n) is 0.973. The highest BCUT2D eigenvalue weighted by Crippen LogP contribution is 1.99. The van der Waals surface area contributed by atoms with Gasteiger partial charge in [-0.2, -0.15) is 0 Å². The van der Waals surface area contributed by atoms with Crippen LogP contribution in [-0.4, -0.2) is 23.4 Å². The van der Waals surface area contributed by atoms with Gasteiger partial charge in [-0.1, -0.05) is 0 Å². The molecule has 0 aromatic carbocycles. The fourth-order valence-corrected chi connectivity index (χ4v) is 0.973. The molecule has 0 aromatic rings. The third-order valence-electron chi connectivity index (χ3n) is 1.50. The van der Waals surface area contributed by atoms with Gasteiger partial charge in [-0.05, 0) is 27.7 Å². The van der Waals surface area contributed by atoms with Crippen molar-refractivity contribution < 1.29 is 4.79 Å². The Balaban J connectivity index is 3.93. The van der Waals surface area contributed by atoms with Crippen LogP contribution in [0, 0.1) is 6.92 Å². The Morgan fingerprint density at radius 1 is 1.60 bits per heavy atom. The second-order valence-electron chi connectivity index (χ2n) is 2.52. The van der Waals surface area contributed by atoms with E-state index in [1.807, 2.05) is 25.7 Å².